The summed E-state index contributed by atoms with van der Waals surface area (Å²) in [7, 11) is 0. The van der Waals surface area contributed by atoms with Crippen LogP contribution in [0.1, 0.15) is 34.4 Å². The molecule has 0 bridgehead atoms. The van der Waals surface area contributed by atoms with Crippen molar-refractivity contribution >= 4 is 5.91 Å². The Kier molecular flexibility index (Phi) is 6.83. The Morgan fingerprint density at radius 1 is 1.10 bits per heavy atom. The van der Waals surface area contributed by atoms with Crippen LogP contribution in [0.5, 0.6) is 11.5 Å². The van der Waals surface area contributed by atoms with Gasteiger partial charge in [0.1, 0.15) is 28.9 Å². The van der Waals surface area contributed by atoms with Crippen molar-refractivity contribution in [2.75, 3.05) is 0 Å². The molecule has 31 heavy (non-hydrogen) atoms. The summed E-state index contributed by atoms with van der Waals surface area (Å²) in [6, 6.07) is 14.9. The van der Waals surface area contributed by atoms with Crippen LogP contribution < -0.4 is 15.6 Å². The van der Waals surface area contributed by atoms with Crippen LogP contribution in [0.3, 0.4) is 0 Å². The Balaban J connectivity index is 1.53. The molecule has 0 fully saturated rings. The van der Waals surface area contributed by atoms with Crippen LogP contribution >= 0.6 is 0 Å². The summed E-state index contributed by atoms with van der Waals surface area (Å²) in [4.78, 5) is 26.7. The number of rotatable bonds is 7. The lowest BCUT2D eigenvalue weighted by molar-refractivity contribution is -0.121. The summed E-state index contributed by atoms with van der Waals surface area (Å²) >= 11 is 0. The number of aryl methyl sites for hydroxylation is 1. The second kappa shape index (κ2) is 9.72. The Hall–Kier alpha value is -3.92. The Morgan fingerprint density at radius 2 is 1.71 bits per heavy atom. The van der Waals surface area contributed by atoms with Crippen LogP contribution in [0, 0.1) is 31.0 Å². The van der Waals surface area contributed by atoms with Crippen molar-refractivity contribution in [2.24, 2.45) is 0 Å². The van der Waals surface area contributed by atoms with Crippen LogP contribution in [-0.4, -0.2) is 10.9 Å². The number of pyridine rings is 1. The number of aromatic amines is 1. The topological polar surface area (TPSA) is 95.0 Å². The Bertz CT molecular complexity index is 1180. The average Bonchev–Trinajstić information content (AvgIpc) is 2.75. The van der Waals surface area contributed by atoms with Crippen molar-refractivity contribution < 1.29 is 13.9 Å². The first-order valence-corrected chi connectivity index (χ1v) is 9.79. The van der Waals surface area contributed by atoms with Crippen LogP contribution in [0.4, 0.5) is 4.39 Å². The predicted molar refractivity (Wildman–Crippen MR) is 114 cm³/mol. The fraction of sp³-hybridized carbons (Fsp3) is 0.208. The molecule has 0 spiro atoms. The van der Waals surface area contributed by atoms with Gasteiger partial charge in [-0.25, -0.2) is 4.39 Å². The molecule has 2 aromatic carbocycles. The summed E-state index contributed by atoms with van der Waals surface area (Å²) in [5, 5.41) is 12.0. The van der Waals surface area contributed by atoms with Gasteiger partial charge in [0.25, 0.3) is 5.56 Å². The van der Waals surface area contributed by atoms with Gasteiger partial charge in [-0.05, 0) is 73.4 Å². The third-order valence-corrected chi connectivity index (χ3v) is 4.98. The lowest BCUT2D eigenvalue weighted by Crippen LogP contribution is -2.24. The molecule has 7 heteroatoms. The van der Waals surface area contributed by atoms with E-state index in [9.17, 15) is 14.0 Å². The third-order valence-electron chi connectivity index (χ3n) is 4.98. The summed E-state index contributed by atoms with van der Waals surface area (Å²) < 4.78 is 18.6. The number of H-pyrrole nitrogens is 1. The van der Waals surface area contributed by atoms with Crippen LogP contribution in [0.2, 0.25) is 0 Å². The Morgan fingerprint density at radius 3 is 2.32 bits per heavy atom. The van der Waals surface area contributed by atoms with Gasteiger partial charge >= 0.3 is 0 Å². The monoisotopic (exact) mass is 419 g/mol. The molecule has 1 amide bonds. The van der Waals surface area contributed by atoms with Crippen LogP contribution in [-0.2, 0) is 17.8 Å². The van der Waals surface area contributed by atoms with Crippen LogP contribution in [0.15, 0.2) is 53.3 Å². The molecule has 0 saturated carbocycles. The number of carbonyl (C=O) groups excluding carboxylic acids is 1. The van der Waals surface area contributed by atoms with Gasteiger partial charge < -0.3 is 15.0 Å². The first kappa shape index (κ1) is 21.8. The second-order valence-electron chi connectivity index (χ2n) is 7.15. The third kappa shape index (κ3) is 5.58. The highest BCUT2D eigenvalue weighted by molar-refractivity contribution is 5.76. The zero-order valence-electron chi connectivity index (χ0n) is 17.3. The number of amides is 1. The lowest BCUT2D eigenvalue weighted by Gasteiger charge is -2.11. The summed E-state index contributed by atoms with van der Waals surface area (Å²) in [5.74, 6) is 0.693. The number of nitrogens with one attached hydrogen (secondary N) is 2. The summed E-state index contributed by atoms with van der Waals surface area (Å²) in [6.07, 6.45) is 0.670. The van der Waals surface area contributed by atoms with Gasteiger partial charge in [0.15, 0.2) is 0 Å². The van der Waals surface area contributed by atoms with E-state index >= 15 is 0 Å². The van der Waals surface area contributed by atoms with E-state index in [0.717, 1.165) is 11.1 Å². The van der Waals surface area contributed by atoms with E-state index < -0.39 is 5.56 Å². The summed E-state index contributed by atoms with van der Waals surface area (Å²) in [5.41, 5.74) is 2.69. The minimum atomic E-state index is -0.405. The van der Waals surface area contributed by atoms with Crippen molar-refractivity contribution in [1.82, 2.24) is 10.3 Å². The largest absolute Gasteiger partial charge is 0.457 e. The molecule has 0 aliphatic rings. The minimum Gasteiger partial charge on any atom is -0.457 e. The highest BCUT2D eigenvalue weighted by atomic mass is 19.1. The SMILES string of the molecule is Cc1[nH]c(=O)c(C#N)c(C)c1CCC(=O)NCc1ccc(Oc2ccc(F)cc2)cc1. The predicted octanol–water partition coefficient (Wildman–Crippen LogP) is 4.04. The fourth-order valence-electron chi connectivity index (χ4n) is 3.26. The highest BCUT2D eigenvalue weighted by Gasteiger charge is 2.13. The van der Waals surface area contributed by atoms with E-state index in [0.29, 0.717) is 35.7 Å². The van der Waals surface area contributed by atoms with Crippen LogP contribution in [0.25, 0.3) is 0 Å². The maximum absolute atomic E-state index is 13.0. The fourth-order valence-corrected chi connectivity index (χ4v) is 3.26. The number of benzene rings is 2. The van der Waals surface area contributed by atoms with E-state index in [1.165, 1.54) is 12.1 Å². The normalized spacial score (nSPS) is 10.4. The smallest absolute Gasteiger partial charge is 0.266 e. The molecule has 6 nitrogen and oxygen atoms in total. The van der Waals surface area contributed by atoms with E-state index in [1.807, 2.05) is 18.2 Å². The molecule has 3 aromatic rings. The molecule has 0 atom stereocenters. The highest BCUT2D eigenvalue weighted by Crippen LogP contribution is 2.22. The minimum absolute atomic E-state index is 0.0870. The average molecular weight is 419 g/mol. The first-order valence-electron chi connectivity index (χ1n) is 9.79. The summed E-state index contributed by atoms with van der Waals surface area (Å²) in [6.45, 7) is 3.85. The van der Waals surface area contributed by atoms with E-state index in [4.69, 9.17) is 10.00 Å². The number of halogens is 1. The van der Waals surface area contributed by atoms with Crippen molar-refractivity contribution in [3.8, 4) is 17.6 Å². The van der Waals surface area contributed by atoms with Crippen molar-refractivity contribution in [3.63, 3.8) is 0 Å². The molecule has 0 aliphatic heterocycles. The molecular formula is C24H22FN3O3. The molecule has 3 rings (SSSR count). The Labute approximate surface area is 179 Å². The number of carbonyl (C=O) groups is 1. The quantitative estimate of drug-likeness (QED) is 0.604. The van der Waals surface area contributed by atoms with Gasteiger partial charge in [0.05, 0.1) is 0 Å². The van der Waals surface area contributed by atoms with Crippen molar-refractivity contribution in [1.29, 1.82) is 5.26 Å². The number of hydrogen-bond acceptors (Lipinski definition) is 4. The van der Waals surface area contributed by atoms with Gasteiger partial charge in [0, 0.05) is 18.7 Å². The molecule has 1 heterocycles. The molecule has 0 aliphatic carbocycles. The molecule has 0 saturated heterocycles. The van der Waals surface area contributed by atoms with Gasteiger partial charge in [-0.15, -0.1) is 0 Å². The number of nitrogens with zero attached hydrogens (tertiary/aromatic N) is 1. The number of nitriles is 1. The maximum Gasteiger partial charge on any atom is 0.266 e. The lowest BCUT2D eigenvalue weighted by atomic mass is 9.99. The maximum atomic E-state index is 13.0. The van der Waals surface area contributed by atoms with Crippen molar-refractivity contribution in [3.05, 3.63) is 92.6 Å². The van der Waals surface area contributed by atoms with E-state index in [1.54, 1.807) is 38.1 Å². The van der Waals surface area contributed by atoms with E-state index in [2.05, 4.69) is 10.3 Å². The molecule has 0 radical (unpaired) electrons. The standard InChI is InChI=1S/C24H22FN3O3/c1-15-21(16(2)28-24(30)22(15)13-26)11-12-23(29)27-14-17-3-7-19(8-4-17)31-20-9-5-18(25)6-10-20/h3-10H,11-12,14H2,1-2H3,(H,27,29)(H,28,30). The molecule has 1 aromatic heterocycles. The van der Waals surface area contributed by atoms with Gasteiger partial charge in [0.2, 0.25) is 5.91 Å². The first-order chi connectivity index (χ1) is 14.9. The molecule has 2 N–H and O–H groups in total. The number of hydrogen-bond donors (Lipinski definition) is 2. The van der Waals surface area contributed by atoms with Crippen molar-refractivity contribution in [2.45, 2.75) is 33.2 Å². The number of aromatic nitrogens is 1. The van der Waals surface area contributed by atoms with Gasteiger partial charge in [-0.2, -0.15) is 5.26 Å². The van der Waals surface area contributed by atoms with Gasteiger partial charge in [-0.1, -0.05) is 12.1 Å². The van der Waals surface area contributed by atoms with Gasteiger partial charge in [-0.3, -0.25) is 9.59 Å². The number of ether oxygens (including phenoxy) is 1. The zero-order valence-corrected chi connectivity index (χ0v) is 17.3. The molecule has 0 unspecified atom stereocenters. The second-order valence-corrected chi connectivity index (χ2v) is 7.15. The zero-order chi connectivity index (χ0) is 22.4. The van der Waals surface area contributed by atoms with E-state index in [-0.39, 0.29) is 23.7 Å². The molecule has 158 valence electrons. The molecular weight excluding hydrogens is 397 g/mol.